The van der Waals surface area contributed by atoms with Crippen molar-refractivity contribution in [3.63, 3.8) is 0 Å². The largest absolute Gasteiger partial charge is 0.496 e. The number of carbonyl (C=O) groups is 1. The molecule has 0 saturated carbocycles. The molecule has 0 aliphatic rings. The molecular weight excluding hydrogens is 458 g/mol. The maximum absolute atomic E-state index is 11.0. The summed E-state index contributed by atoms with van der Waals surface area (Å²) < 4.78 is 5.55. The lowest BCUT2D eigenvalue weighted by Crippen LogP contribution is -2.20. The number of nitrogens with two attached hydrogens (primary N) is 2. The van der Waals surface area contributed by atoms with Crippen molar-refractivity contribution in [3.05, 3.63) is 65.1 Å². The minimum absolute atomic E-state index is 0.0681. The minimum atomic E-state index is -0.827. The Hall–Kier alpha value is -4.34. The van der Waals surface area contributed by atoms with Crippen molar-refractivity contribution in [1.29, 1.82) is 0 Å². The second kappa shape index (κ2) is 11.4. The Labute approximate surface area is 210 Å². The molecule has 188 valence electrons. The molecule has 3 aromatic rings. The van der Waals surface area contributed by atoms with Crippen LogP contribution in [0.5, 0.6) is 5.75 Å². The van der Waals surface area contributed by atoms with Gasteiger partial charge in [-0.1, -0.05) is 32.0 Å². The number of anilines is 1. The number of hydrogen-bond donors (Lipinski definition) is 3. The maximum atomic E-state index is 11.0. The van der Waals surface area contributed by atoms with Gasteiger partial charge >= 0.3 is 5.97 Å². The normalized spacial score (nSPS) is 12.2. The molecule has 0 aliphatic carbocycles. The van der Waals surface area contributed by atoms with Crippen molar-refractivity contribution < 1.29 is 14.6 Å². The molecule has 2 heterocycles. The van der Waals surface area contributed by atoms with Crippen LogP contribution in [-0.2, 0) is 16.8 Å². The molecule has 36 heavy (non-hydrogen) atoms. The molecule has 0 radical (unpaired) electrons. The van der Waals surface area contributed by atoms with Gasteiger partial charge < -0.3 is 21.4 Å². The Morgan fingerprint density at radius 1 is 1.17 bits per heavy atom. The summed E-state index contributed by atoms with van der Waals surface area (Å²) in [7, 11) is 1.60. The Morgan fingerprint density at radius 3 is 2.61 bits per heavy atom. The van der Waals surface area contributed by atoms with Gasteiger partial charge in [-0.2, -0.15) is 5.10 Å². The fourth-order valence-electron chi connectivity index (χ4n) is 3.74. The van der Waals surface area contributed by atoms with Crippen LogP contribution < -0.4 is 16.3 Å². The van der Waals surface area contributed by atoms with E-state index < -0.39 is 5.97 Å². The van der Waals surface area contributed by atoms with Crippen LogP contribution in [0, 0.1) is 6.92 Å². The van der Waals surface area contributed by atoms with Gasteiger partial charge in [0.05, 0.1) is 37.0 Å². The average Bonchev–Trinajstić information content (AvgIpc) is 2.85. The first-order chi connectivity index (χ1) is 17.1. The molecule has 10 heteroatoms. The summed E-state index contributed by atoms with van der Waals surface area (Å²) in [6.45, 7) is 6.18. The molecule has 0 fully saturated rings. The molecule has 0 saturated heterocycles. The van der Waals surface area contributed by atoms with Gasteiger partial charge in [-0.05, 0) is 43.2 Å². The van der Waals surface area contributed by atoms with E-state index in [0.717, 1.165) is 22.5 Å². The van der Waals surface area contributed by atoms with E-state index in [4.69, 9.17) is 21.4 Å². The Bertz CT molecular complexity index is 1300. The maximum Gasteiger partial charge on any atom is 0.303 e. The number of nitrogens with zero attached hydrogens (tertiary/aromatic N) is 5. The highest BCUT2D eigenvalue weighted by molar-refractivity contribution is 6.37. The van der Waals surface area contributed by atoms with Crippen molar-refractivity contribution in [1.82, 2.24) is 15.0 Å². The molecule has 0 spiro atoms. The number of aliphatic carboxylic acids is 1. The van der Waals surface area contributed by atoms with E-state index in [1.54, 1.807) is 13.2 Å². The number of benzene rings is 1. The number of aliphatic imine (C=N–C) groups is 1. The number of rotatable bonds is 10. The van der Waals surface area contributed by atoms with Crippen LogP contribution in [0.2, 0.25) is 0 Å². The zero-order valence-electron chi connectivity index (χ0n) is 20.9. The highest BCUT2D eigenvalue weighted by Crippen LogP contribution is 2.32. The van der Waals surface area contributed by atoms with Gasteiger partial charge in [0.25, 0.3) is 0 Å². The highest BCUT2D eigenvalue weighted by atomic mass is 16.5. The number of pyridine rings is 1. The van der Waals surface area contributed by atoms with Gasteiger partial charge in [0, 0.05) is 23.1 Å². The molecule has 2 aromatic heterocycles. The van der Waals surface area contributed by atoms with Crippen molar-refractivity contribution >= 4 is 23.8 Å². The zero-order chi connectivity index (χ0) is 26.3. The number of para-hydroxylation sites is 1. The molecule has 0 amide bonds. The van der Waals surface area contributed by atoms with Crippen LogP contribution in [0.25, 0.3) is 11.3 Å². The van der Waals surface area contributed by atoms with Gasteiger partial charge in [0.2, 0.25) is 5.95 Å². The molecule has 0 bridgehead atoms. The number of nitrogen functional groups attached to an aromatic ring is 1. The van der Waals surface area contributed by atoms with Crippen LogP contribution in [-0.4, -0.2) is 45.1 Å². The lowest BCUT2D eigenvalue weighted by atomic mass is 9.84. The second-order valence-corrected chi connectivity index (χ2v) is 8.93. The third-order valence-corrected chi connectivity index (χ3v) is 5.77. The van der Waals surface area contributed by atoms with E-state index in [-0.39, 0.29) is 24.3 Å². The lowest BCUT2D eigenvalue weighted by Gasteiger charge is -2.23. The van der Waals surface area contributed by atoms with Crippen LogP contribution in [0.1, 0.15) is 49.3 Å². The van der Waals surface area contributed by atoms with Crippen LogP contribution in [0.4, 0.5) is 5.95 Å². The quantitative estimate of drug-likeness (QED) is 0.221. The van der Waals surface area contributed by atoms with Crippen LogP contribution in [0.15, 0.2) is 52.6 Å². The predicted molar refractivity (Wildman–Crippen MR) is 140 cm³/mol. The first kappa shape index (κ1) is 26.3. The number of carboxylic acid groups (broad SMARTS) is 1. The summed E-state index contributed by atoms with van der Waals surface area (Å²) in [6, 6.07) is 13.1. The molecular formula is C26H31N7O3. The number of ether oxygens (including phenoxy) is 1. The van der Waals surface area contributed by atoms with E-state index in [9.17, 15) is 4.79 Å². The lowest BCUT2D eigenvalue weighted by molar-refractivity contribution is -0.137. The summed E-state index contributed by atoms with van der Waals surface area (Å²) in [5, 5.41) is 12.9. The number of aryl methyl sites for hydroxylation is 1. The van der Waals surface area contributed by atoms with Crippen molar-refractivity contribution in [2.45, 2.75) is 45.6 Å². The smallest absolute Gasteiger partial charge is 0.303 e. The number of hydrazone groups is 1. The third kappa shape index (κ3) is 6.41. The molecule has 5 N–H and O–H groups in total. The zero-order valence-corrected chi connectivity index (χ0v) is 20.9. The second-order valence-electron chi connectivity index (χ2n) is 8.93. The summed E-state index contributed by atoms with van der Waals surface area (Å²) in [4.78, 5) is 28.7. The fourth-order valence-corrected chi connectivity index (χ4v) is 3.74. The standard InChI is InChI=1S/C26H31N7O3/c1-16-7-5-9-18(24(16)36-4)19-13-20(32-25(27)31-19)21(33-28)15-29-14-17-8-6-10-22(30-17)26(2,3)12-11-23(34)35/h5-10,13,15H,11-12,14,28H2,1-4H3,(H,34,35)(H2,27,31,32). The summed E-state index contributed by atoms with van der Waals surface area (Å²) in [5.74, 6) is 5.58. The summed E-state index contributed by atoms with van der Waals surface area (Å²) >= 11 is 0. The first-order valence-electron chi connectivity index (χ1n) is 11.4. The van der Waals surface area contributed by atoms with E-state index in [1.807, 2.05) is 57.2 Å². The molecule has 0 atom stereocenters. The van der Waals surface area contributed by atoms with Crippen LogP contribution in [0.3, 0.4) is 0 Å². The topological polar surface area (TPSA) is 162 Å². The summed E-state index contributed by atoms with van der Waals surface area (Å²) in [5.41, 5.74) is 10.2. The van der Waals surface area contributed by atoms with E-state index in [2.05, 4.69) is 25.0 Å². The van der Waals surface area contributed by atoms with Crippen LogP contribution >= 0.6 is 0 Å². The van der Waals surface area contributed by atoms with Gasteiger partial charge in [-0.3, -0.25) is 14.8 Å². The molecule has 3 rings (SSSR count). The van der Waals surface area contributed by atoms with Gasteiger partial charge in [0.1, 0.15) is 11.5 Å². The molecule has 0 aliphatic heterocycles. The number of carboxylic acids is 1. The Balaban J connectivity index is 1.82. The van der Waals surface area contributed by atoms with Crippen molar-refractivity contribution in [2.75, 3.05) is 12.8 Å². The minimum Gasteiger partial charge on any atom is -0.496 e. The summed E-state index contributed by atoms with van der Waals surface area (Å²) in [6.07, 6.45) is 2.07. The van der Waals surface area contributed by atoms with E-state index in [0.29, 0.717) is 29.3 Å². The molecule has 10 nitrogen and oxygen atoms in total. The number of aromatic nitrogens is 3. The Morgan fingerprint density at radius 2 is 1.92 bits per heavy atom. The van der Waals surface area contributed by atoms with Gasteiger partial charge in [-0.25, -0.2) is 9.97 Å². The van der Waals surface area contributed by atoms with Crippen molar-refractivity contribution in [3.8, 4) is 17.0 Å². The van der Waals surface area contributed by atoms with E-state index in [1.165, 1.54) is 6.21 Å². The van der Waals surface area contributed by atoms with E-state index >= 15 is 0 Å². The SMILES string of the molecule is COc1c(C)cccc1-c1cc(C(C=NCc2cccc(C(C)(C)CCC(=O)O)n2)=NN)nc(N)n1. The highest BCUT2D eigenvalue weighted by Gasteiger charge is 2.23. The van der Waals surface area contributed by atoms with Gasteiger partial charge in [-0.15, -0.1) is 0 Å². The van der Waals surface area contributed by atoms with Crippen molar-refractivity contribution in [2.24, 2.45) is 15.9 Å². The fraction of sp³-hybridized carbons (Fsp3) is 0.308. The monoisotopic (exact) mass is 489 g/mol. The third-order valence-electron chi connectivity index (χ3n) is 5.77. The Kier molecular flexibility index (Phi) is 8.31. The molecule has 0 unspecified atom stereocenters. The van der Waals surface area contributed by atoms with Gasteiger partial charge in [0.15, 0.2) is 0 Å². The number of hydrogen-bond acceptors (Lipinski definition) is 9. The average molecular weight is 490 g/mol. The predicted octanol–water partition coefficient (Wildman–Crippen LogP) is 3.51. The molecule has 1 aromatic carbocycles. The number of methoxy groups -OCH3 is 1. The first-order valence-corrected chi connectivity index (χ1v) is 11.4.